The number of carbonyl (C=O) groups is 2. The van der Waals surface area contributed by atoms with Crippen molar-refractivity contribution in [3.8, 4) is 11.8 Å². The largest absolute Gasteiger partial charge is 0.481 e. The van der Waals surface area contributed by atoms with Gasteiger partial charge in [0.15, 0.2) is 0 Å². The second-order valence-electron chi connectivity index (χ2n) is 2.20. The van der Waals surface area contributed by atoms with Crippen molar-refractivity contribution in [2.24, 2.45) is 5.92 Å². The Balaban J connectivity index is 3.85. The quantitative estimate of drug-likeness (QED) is 0.456. The summed E-state index contributed by atoms with van der Waals surface area (Å²) in [4.78, 5) is 21.2. The van der Waals surface area contributed by atoms with Crippen molar-refractivity contribution < 1.29 is 14.7 Å². The highest BCUT2D eigenvalue weighted by Crippen LogP contribution is 1.92. The van der Waals surface area contributed by atoms with Crippen LogP contribution in [0.25, 0.3) is 0 Å². The van der Waals surface area contributed by atoms with Gasteiger partial charge in [-0.05, 0) is 13.8 Å². The molecule has 0 spiro atoms. The first-order chi connectivity index (χ1) is 5.59. The lowest BCUT2D eigenvalue weighted by molar-refractivity contribution is -0.146. The third-order valence-electron chi connectivity index (χ3n) is 1.29. The molecule has 0 radical (unpaired) electrons. The zero-order chi connectivity index (χ0) is 9.56. The molecule has 0 aromatic carbocycles. The molecule has 66 valence electrons. The third-order valence-corrected chi connectivity index (χ3v) is 1.29. The molecule has 0 bridgehead atoms. The average molecular weight is 169 g/mol. The fourth-order valence-corrected chi connectivity index (χ4v) is 0.485. The van der Waals surface area contributed by atoms with E-state index >= 15 is 0 Å². The molecule has 2 N–H and O–H groups in total. The minimum atomic E-state index is -1.13. The maximum atomic E-state index is 10.9. The van der Waals surface area contributed by atoms with Gasteiger partial charge >= 0.3 is 5.97 Å². The van der Waals surface area contributed by atoms with E-state index in [1.54, 1.807) is 6.92 Å². The Morgan fingerprint density at radius 1 is 1.58 bits per heavy atom. The van der Waals surface area contributed by atoms with Gasteiger partial charge in [-0.25, -0.2) is 0 Å². The summed E-state index contributed by atoms with van der Waals surface area (Å²) >= 11 is 0. The van der Waals surface area contributed by atoms with Crippen molar-refractivity contribution in [3.05, 3.63) is 0 Å². The zero-order valence-electron chi connectivity index (χ0n) is 7.05. The van der Waals surface area contributed by atoms with Gasteiger partial charge in [0.25, 0.3) is 0 Å². The van der Waals surface area contributed by atoms with Crippen LogP contribution in [0.1, 0.15) is 13.8 Å². The van der Waals surface area contributed by atoms with Gasteiger partial charge in [0.05, 0.1) is 6.54 Å². The third kappa shape index (κ3) is 3.62. The number of hydrogen-bond acceptors (Lipinski definition) is 2. The minimum absolute atomic E-state index is 0.201. The first-order valence-electron chi connectivity index (χ1n) is 3.49. The Labute approximate surface area is 71.0 Å². The molecule has 1 atom stereocenters. The van der Waals surface area contributed by atoms with Crippen LogP contribution in [0.4, 0.5) is 0 Å². The van der Waals surface area contributed by atoms with E-state index in [4.69, 9.17) is 5.11 Å². The van der Waals surface area contributed by atoms with Crippen molar-refractivity contribution in [2.45, 2.75) is 13.8 Å². The summed E-state index contributed by atoms with van der Waals surface area (Å²) in [5.41, 5.74) is 0. The lowest BCUT2D eigenvalue weighted by Gasteiger charge is -2.04. The highest BCUT2D eigenvalue weighted by atomic mass is 16.4. The number of rotatable bonds is 3. The molecule has 4 heteroatoms. The Hall–Kier alpha value is -1.50. The molecule has 0 aliphatic heterocycles. The molecule has 0 fully saturated rings. The highest BCUT2D eigenvalue weighted by molar-refractivity contribution is 5.96. The molecule has 0 rings (SSSR count). The summed E-state index contributed by atoms with van der Waals surface area (Å²) in [6.07, 6.45) is 0. The summed E-state index contributed by atoms with van der Waals surface area (Å²) in [7, 11) is 0. The van der Waals surface area contributed by atoms with Crippen LogP contribution in [0, 0.1) is 17.8 Å². The van der Waals surface area contributed by atoms with Crippen LogP contribution >= 0.6 is 0 Å². The minimum Gasteiger partial charge on any atom is -0.481 e. The maximum absolute atomic E-state index is 10.9. The standard InChI is InChI=1S/C8H11NO3/c1-3-4-5-9-7(10)6(2)8(11)12/h6H,5H2,1-2H3,(H,9,10)(H,11,12). The van der Waals surface area contributed by atoms with Crippen LogP contribution < -0.4 is 5.32 Å². The van der Waals surface area contributed by atoms with Gasteiger partial charge in [0, 0.05) is 0 Å². The van der Waals surface area contributed by atoms with Crippen LogP contribution in [0.2, 0.25) is 0 Å². The van der Waals surface area contributed by atoms with Gasteiger partial charge in [0.2, 0.25) is 5.91 Å². The average Bonchev–Trinajstić information content (AvgIpc) is 2.03. The molecule has 0 saturated carbocycles. The number of amides is 1. The van der Waals surface area contributed by atoms with Crippen molar-refractivity contribution >= 4 is 11.9 Å². The Kier molecular flexibility index (Phi) is 4.54. The molecule has 4 nitrogen and oxygen atoms in total. The van der Waals surface area contributed by atoms with Gasteiger partial charge in [0.1, 0.15) is 5.92 Å². The number of carboxylic acid groups (broad SMARTS) is 1. The fraction of sp³-hybridized carbons (Fsp3) is 0.500. The number of carboxylic acids is 1. The number of hydrogen-bond donors (Lipinski definition) is 2. The normalized spacial score (nSPS) is 10.8. The predicted molar refractivity (Wildman–Crippen MR) is 43.3 cm³/mol. The molecular formula is C8H11NO3. The fourth-order valence-electron chi connectivity index (χ4n) is 0.485. The Morgan fingerprint density at radius 3 is 2.58 bits per heavy atom. The van der Waals surface area contributed by atoms with E-state index in [2.05, 4.69) is 17.2 Å². The van der Waals surface area contributed by atoms with Crippen LogP contribution in [0.3, 0.4) is 0 Å². The van der Waals surface area contributed by atoms with E-state index in [1.807, 2.05) is 0 Å². The molecule has 1 amide bonds. The highest BCUT2D eigenvalue weighted by Gasteiger charge is 2.19. The van der Waals surface area contributed by atoms with Gasteiger partial charge in [-0.1, -0.05) is 5.92 Å². The summed E-state index contributed by atoms with van der Waals surface area (Å²) < 4.78 is 0. The Bertz CT molecular complexity index is 236. The topological polar surface area (TPSA) is 66.4 Å². The maximum Gasteiger partial charge on any atom is 0.315 e. The van der Waals surface area contributed by atoms with E-state index < -0.39 is 17.8 Å². The SMILES string of the molecule is CC#CCNC(=O)C(C)C(=O)O. The molecule has 0 aliphatic rings. The molecule has 0 saturated heterocycles. The molecule has 0 aromatic rings. The molecule has 1 unspecified atom stereocenters. The van der Waals surface area contributed by atoms with Crippen molar-refractivity contribution in [2.75, 3.05) is 6.54 Å². The van der Waals surface area contributed by atoms with Gasteiger partial charge in [-0.15, -0.1) is 5.92 Å². The van der Waals surface area contributed by atoms with E-state index in [1.165, 1.54) is 6.92 Å². The number of carbonyl (C=O) groups excluding carboxylic acids is 1. The smallest absolute Gasteiger partial charge is 0.315 e. The first-order valence-corrected chi connectivity index (χ1v) is 3.49. The predicted octanol–water partition coefficient (Wildman–Crippen LogP) is -0.153. The van der Waals surface area contributed by atoms with E-state index in [-0.39, 0.29) is 6.54 Å². The summed E-state index contributed by atoms with van der Waals surface area (Å²) in [5.74, 6) is 2.53. The van der Waals surface area contributed by atoms with Crippen LogP contribution in [0.5, 0.6) is 0 Å². The first kappa shape index (κ1) is 10.5. The van der Waals surface area contributed by atoms with Gasteiger partial charge in [-0.2, -0.15) is 0 Å². The summed E-state index contributed by atoms with van der Waals surface area (Å²) in [6.45, 7) is 3.18. The summed E-state index contributed by atoms with van der Waals surface area (Å²) in [5, 5.41) is 10.8. The lowest BCUT2D eigenvalue weighted by Crippen LogP contribution is -2.33. The zero-order valence-corrected chi connectivity index (χ0v) is 7.05. The second kappa shape index (κ2) is 5.19. The lowest BCUT2D eigenvalue weighted by atomic mass is 10.2. The monoisotopic (exact) mass is 169 g/mol. The van der Waals surface area contributed by atoms with Crippen LogP contribution in [0.15, 0.2) is 0 Å². The van der Waals surface area contributed by atoms with E-state index in [0.717, 1.165) is 0 Å². The molecule has 0 aliphatic carbocycles. The molecule has 0 aromatic heterocycles. The van der Waals surface area contributed by atoms with Crippen molar-refractivity contribution in [3.63, 3.8) is 0 Å². The second-order valence-corrected chi connectivity index (χ2v) is 2.20. The van der Waals surface area contributed by atoms with Crippen molar-refractivity contribution in [1.82, 2.24) is 5.32 Å². The van der Waals surface area contributed by atoms with Gasteiger partial charge in [-0.3, -0.25) is 9.59 Å². The van der Waals surface area contributed by atoms with Crippen LogP contribution in [-0.2, 0) is 9.59 Å². The van der Waals surface area contributed by atoms with Crippen molar-refractivity contribution in [1.29, 1.82) is 0 Å². The Morgan fingerprint density at radius 2 is 2.17 bits per heavy atom. The van der Waals surface area contributed by atoms with Gasteiger partial charge < -0.3 is 10.4 Å². The van der Waals surface area contributed by atoms with Crippen LogP contribution in [-0.4, -0.2) is 23.5 Å². The van der Waals surface area contributed by atoms with E-state index in [0.29, 0.717) is 0 Å². The molecule has 0 heterocycles. The molecule has 12 heavy (non-hydrogen) atoms. The molecular weight excluding hydrogens is 158 g/mol. The summed E-state index contributed by atoms with van der Waals surface area (Å²) in [6, 6.07) is 0. The number of nitrogens with one attached hydrogen (secondary N) is 1. The van der Waals surface area contributed by atoms with E-state index in [9.17, 15) is 9.59 Å². The number of aliphatic carboxylic acids is 1.